The molecule has 0 unspecified atom stereocenters. The van der Waals surface area contributed by atoms with Crippen molar-refractivity contribution in [2.75, 3.05) is 12.9 Å². The highest BCUT2D eigenvalue weighted by molar-refractivity contribution is 7.99. The molecule has 0 aliphatic heterocycles. The number of ether oxygens (including phenoxy) is 1. The van der Waals surface area contributed by atoms with Gasteiger partial charge >= 0.3 is 0 Å². The quantitative estimate of drug-likeness (QED) is 0.656. The molecule has 1 heterocycles. The average molecular weight is 355 g/mol. The van der Waals surface area contributed by atoms with Gasteiger partial charge < -0.3 is 14.5 Å². The molecule has 0 saturated carbocycles. The molecular formula is C18H17N3O3S. The highest BCUT2D eigenvalue weighted by Gasteiger charge is 2.11. The second-order valence-electron chi connectivity index (χ2n) is 5.16. The second-order valence-corrected chi connectivity index (χ2v) is 6.08. The molecule has 0 radical (unpaired) electrons. The van der Waals surface area contributed by atoms with Gasteiger partial charge in [-0.2, -0.15) is 0 Å². The SMILES string of the molecule is COc1cccc(-c2nnc(SCC(=O)NCc3ccccc3)o2)c1. The molecule has 0 bridgehead atoms. The van der Waals surface area contributed by atoms with Crippen LogP contribution in [0.1, 0.15) is 5.56 Å². The minimum absolute atomic E-state index is 0.0880. The van der Waals surface area contributed by atoms with E-state index in [1.165, 1.54) is 11.8 Å². The van der Waals surface area contributed by atoms with E-state index in [2.05, 4.69) is 15.5 Å². The predicted molar refractivity (Wildman–Crippen MR) is 95.3 cm³/mol. The van der Waals surface area contributed by atoms with E-state index in [0.717, 1.165) is 11.1 Å². The summed E-state index contributed by atoms with van der Waals surface area (Å²) in [5.41, 5.74) is 1.83. The molecule has 3 aromatic rings. The Kier molecular flexibility index (Phi) is 5.69. The first-order chi connectivity index (χ1) is 12.2. The summed E-state index contributed by atoms with van der Waals surface area (Å²) in [5, 5.41) is 11.2. The van der Waals surface area contributed by atoms with Gasteiger partial charge in [0.05, 0.1) is 12.9 Å². The third kappa shape index (κ3) is 4.84. The summed E-state index contributed by atoms with van der Waals surface area (Å²) in [6.45, 7) is 0.499. The standard InChI is InChI=1S/C18H17N3O3S/c1-23-15-9-5-8-14(10-15)17-20-21-18(24-17)25-12-16(22)19-11-13-6-3-2-4-7-13/h2-10H,11-12H2,1H3,(H,19,22). The zero-order chi connectivity index (χ0) is 17.5. The van der Waals surface area contributed by atoms with E-state index in [1.807, 2.05) is 54.6 Å². The van der Waals surface area contributed by atoms with Crippen molar-refractivity contribution in [3.63, 3.8) is 0 Å². The number of nitrogens with one attached hydrogen (secondary N) is 1. The number of amides is 1. The van der Waals surface area contributed by atoms with Gasteiger partial charge in [-0.05, 0) is 23.8 Å². The van der Waals surface area contributed by atoms with Gasteiger partial charge in [0.2, 0.25) is 11.8 Å². The van der Waals surface area contributed by atoms with Crippen molar-refractivity contribution in [1.82, 2.24) is 15.5 Å². The Morgan fingerprint density at radius 3 is 2.80 bits per heavy atom. The number of hydrogen-bond donors (Lipinski definition) is 1. The van der Waals surface area contributed by atoms with Gasteiger partial charge in [0.25, 0.3) is 5.22 Å². The van der Waals surface area contributed by atoms with E-state index in [4.69, 9.17) is 9.15 Å². The lowest BCUT2D eigenvalue weighted by atomic mass is 10.2. The van der Waals surface area contributed by atoms with Crippen LogP contribution in [0.25, 0.3) is 11.5 Å². The molecule has 6 nitrogen and oxygen atoms in total. The van der Waals surface area contributed by atoms with Crippen molar-refractivity contribution in [1.29, 1.82) is 0 Å². The molecule has 25 heavy (non-hydrogen) atoms. The summed E-state index contributed by atoms with van der Waals surface area (Å²) < 4.78 is 10.8. The van der Waals surface area contributed by atoms with Gasteiger partial charge in [-0.1, -0.05) is 48.2 Å². The van der Waals surface area contributed by atoms with Crippen molar-refractivity contribution in [2.24, 2.45) is 0 Å². The summed E-state index contributed by atoms with van der Waals surface area (Å²) in [7, 11) is 1.60. The number of methoxy groups -OCH3 is 1. The minimum atomic E-state index is -0.0880. The zero-order valence-electron chi connectivity index (χ0n) is 13.6. The normalized spacial score (nSPS) is 10.4. The fraction of sp³-hybridized carbons (Fsp3) is 0.167. The lowest BCUT2D eigenvalue weighted by Crippen LogP contribution is -2.24. The first-order valence-corrected chi connectivity index (χ1v) is 8.64. The summed E-state index contributed by atoms with van der Waals surface area (Å²) in [5.74, 6) is 1.23. The third-order valence-corrected chi connectivity index (χ3v) is 4.20. The molecule has 2 aromatic carbocycles. The Balaban J connectivity index is 1.52. The maximum absolute atomic E-state index is 11.9. The Hall–Kier alpha value is -2.80. The molecule has 3 rings (SSSR count). The van der Waals surface area contributed by atoms with Crippen LogP contribution in [0.3, 0.4) is 0 Å². The predicted octanol–water partition coefficient (Wildman–Crippen LogP) is 3.15. The third-order valence-electron chi connectivity index (χ3n) is 3.38. The summed E-state index contributed by atoms with van der Waals surface area (Å²) >= 11 is 1.21. The number of nitrogens with zero attached hydrogens (tertiary/aromatic N) is 2. The van der Waals surface area contributed by atoms with Gasteiger partial charge in [-0.25, -0.2) is 0 Å². The monoisotopic (exact) mass is 355 g/mol. The second kappa shape index (κ2) is 8.34. The number of hydrogen-bond acceptors (Lipinski definition) is 6. The van der Waals surface area contributed by atoms with Crippen LogP contribution in [-0.4, -0.2) is 29.0 Å². The smallest absolute Gasteiger partial charge is 0.277 e. The number of carbonyl (C=O) groups excluding carboxylic acids is 1. The number of carbonyl (C=O) groups is 1. The van der Waals surface area contributed by atoms with Crippen LogP contribution in [-0.2, 0) is 11.3 Å². The van der Waals surface area contributed by atoms with Crippen LogP contribution in [0.5, 0.6) is 5.75 Å². The molecule has 0 fully saturated rings. The zero-order valence-corrected chi connectivity index (χ0v) is 14.5. The highest BCUT2D eigenvalue weighted by Crippen LogP contribution is 2.25. The summed E-state index contributed by atoms with van der Waals surface area (Å²) in [6.07, 6.45) is 0. The van der Waals surface area contributed by atoms with E-state index in [1.54, 1.807) is 7.11 Å². The van der Waals surface area contributed by atoms with E-state index < -0.39 is 0 Å². The molecule has 0 spiro atoms. The molecule has 0 atom stereocenters. The highest BCUT2D eigenvalue weighted by atomic mass is 32.2. The molecule has 0 aliphatic rings. The number of benzene rings is 2. The van der Waals surface area contributed by atoms with Gasteiger partial charge in [-0.3, -0.25) is 4.79 Å². The molecule has 1 amide bonds. The van der Waals surface area contributed by atoms with Crippen LogP contribution in [0.2, 0.25) is 0 Å². The Morgan fingerprint density at radius 2 is 2.00 bits per heavy atom. The molecule has 0 aliphatic carbocycles. The largest absolute Gasteiger partial charge is 0.497 e. The van der Waals surface area contributed by atoms with Gasteiger partial charge in [0, 0.05) is 12.1 Å². The topological polar surface area (TPSA) is 77.2 Å². The van der Waals surface area contributed by atoms with Gasteiger partial charge in [-0.15, -0.1) is 10.2 Å². The minimum Gasteiger partial charge on any atom is -0.497 e. The van der Waals surface area contributed by atoms with E-state index in [-0.39, 0.29) is 11.7 Å². The van der Waals surface area contributed by atoms with E-state index >= 15 is 0 Å². The molecule has 1 aromatic heterocycles. The molecular weight excluding hydrogens is 338 g/mol. The number of rotatable bonds is 7. The van der Waals surface area contributed by atoms with E-state index in [0.29, 0.717) is 23.4 Å². The Bertz CT molecular complexity index is 836. The number of thioether (sulfide) groups is 1. The van der Waals surface area contributed by atoms with Crippen LogP contribution in [0.15, 0.2) is 64.2 Å². The lowest BCUT2D eigenvalue weighted by molar-refractivity contribution is -0.118. The molecule has 1 N–H and O–H groups in total. The molecule has 128 valence electrons. The van der Waals surface area contributed by atoms with Crippen molar-refractivity contribution in [2.45, 2.75) is 11.8 Å². The van der Waals surface area contributed by atoms with Gasteiger partial charge in [0.1, 0.15) is 5.75 Å². The Morgan fingerprint density at radius 1 is 1.16 bits per heavy atom. The first kappa shape index (κ1) is 17.0. The van der Waals surface area contributed by atoms with Crippen molar-refractivity contribution >= 4 is 17.7 Å². The maximum Gasteiger partial charge on any atom is 0.277 e. The fourth-order valence-corrected chi connectivity index (χ4v) is 2.71. The lowest BCUT2D eigenvalue weighted by Gasteiger charge is -2.03. The van der Waals surface area contributed by atoms with E-state index in [9.17, 15) is 4.79 Å². The summed E-state index contributed by atoms with van der Waals surface area (Å²) in [4.78, 5) is 11.9. The fourth-order valence-electron chi connectivity index (χ4n) is 2.12. The first-order valence-electron chi connectivity index (χ1n) is 7.66. The van der Waals surface area contributed by atoms with Crippen molar-refractivity contribution in [3.8, 4) is 17.2 Å². The molecule has 7 heteroatoms. The Labute approximate surface area is 149 Å². The van der Waals surface area contributed by atoms with Crippen LogP contribution in [0, 0.1) is 0 Å². The van der Waals surface area contributed by atoms with Crippen LogP contribution >= 0.6 is 11.8 Å². The summed E-state index contributed by atoms with van der Waals surface area (Å²) in [6, 6.07) is 17.1. The van der Waals surface area contributed by atoms with Crippen molar-refractivity contribution < 1.29 is 13.9 Å². The number of aromatic nitrogens is 2. The maximum atomic E-state index is 11.9. The van der Waals surface area contributed by atoms with Crippen LogP contribution < -0.4 is 10.1 Å². The van der Waals surface area contributed by atoms with Crippen LogP contribution in [0.4, 0.5) is 0 Å². The van der Waals surface area contributed by atoms with Gasteiger partial charge in [0.15, 0.2) is 0 Å². The average Bonchev–Trinajstić information content (AvgIpc) is 3.15. The molecule has 0 saturated heterocycles. The van der Waals surface area contributed by atoms with Crippen molar-refractivity contribution in [3.05, 3.63) is 60.2 Å².